The zero-order valence-electron chi connectivity index (χ0n) is 18.2. The molecule has 2 aromatic carbocycles. The standard InChI is InChI=1S/C24H27N5O3/c1-3-20-28-29-23(32-20)24(12-13(2)25)18-8-6-16(21(26)30)10-14(18)4-5-15-11-17(22(27)31)7-9-19(15)24/h6-11,13H,3-5,12,25H2,1-2H3,(H2,26,30)(H2,27,31)/t13-/m0/s1. The molecule has 2 amide bonds. The molecule has 0 spiro atoms. The molecule has 0 saturated carbocycles. The van der Waals surface area contributed by atoms with Crippen LogP contribution in [-0.4, -0.2) is 28.1 Å². The number of benzene rings is 2. The lowest BCUT2D eigenvalue weighted by molar-refractivity contribution is 0.0991. The fraction of sp³-hybridized carbons (Fsp3) is 0.333. The second-order valence-corrected chi connectivity index (χ2v) is 8.41. The Morgan fingerprint density at radius 3 is 1.94 bits per heavy atom. The summed E-state index contributed by atoms with van der Waals surface area (Å²) in [5.74, 6) is -0.0162. The summed E-state index contributed by atoms with van der Waals surface area (Å²) < 4.78 is 6.14. The molecule has 6 N–H and O–H groups in total. The number of hydrogen-bond acceptors (Lipinski definition) is 6. The van der Waals surface area contributed by atoms with Crippen LogP contribution in [0.3, 0.4) is 0 Å². The van der Waals surface area contributed by atoms with Crippen LogP contribution < -0.4 is 17.2 Å². The number of aromatic nitrogens is 2. The van der Waals surface area contributed by atoms with E-state index in [1.807, 2.05) is 38.1 Å². The molecule has 0 aliphatic heterocycles. The maximum atomic E-state index is 11.9. The van der Waals surface area contributed by atoms with Gasteiger partial charge in [0.2, 0.25) is 23.6 Å². The van der Waals surface area contributed by atoms with Crippen LogP contribution in [0.5, 0.6) is 0 Å². The molecule has 0 unspecified atom stereocenters. The molecule has 3 aromatic rings. The summed E-state index contributed by atoms with van der Waals surface area (Å²) >= 11 is 0. The van der Waals surface area contributed by atoms with Gasteiger partial charge >= 0.3 is 0 Å². The zero-order valence-corrected chi connectivity index (χ0v) is 18.2. The Balaban J connectivity index is 2.08. The third-order valence-corrected chi connectivity index (χ3v) is 6.13. The zero-order chi connectivity index (χ0) is 23.0. The SMILES string of the molecule is CCc1nnc(C2(C[C@H](C)N)c3ccc(C(N)=O)cc3CCc3cc(C(N)=O)ccc32)o1. The van der Waals surface area contributed by atoms with Crippen molar-refractivity contribution in [1.29, 1.82) is 0 Å². The summed E-state index contributed by atoms with van der Waals surface area (Å²) in [6.07, 6.45) is 2.37. The smallest absolute Gasteiger partial charge is 0.248 e. The van der Waals surface area contributed by atoms with Crippen molar-refractivity contribution in [1.82, 2.24) is 10.2 Å². The lowest BCUT2D eigenvalue weighted by Crippen LogP contribution is -2.37. The monoisotopic (exact) mass is 433 g/mol. The first-order chi connectivity index (χ1) is 15.3. The highest BCUT2D eigenvalue weighted by Gasteiger charge is 2.46. The number of amides is 2. The first-order valence-electron chi connectivity index (χ1n) is 10.7. The summed E-state index contributed by atoms with van der Waals surface area (Å²) in [7, 11) is 0. The molecule has 8 nitrogen and oxygen atoms in total. The van der Waals surface area contributed by atoms with Gasteiger partial charge in [0.25, 0.3) is 0 Å². The molecule has 0 saturated heterocycles. The van der Waals surface area contributed by atoms with E-state index in [1.165, 1.54) is 0 Å². The van der Waals surface area contributed by atoms with Crippen molar-refractivity contribution in [3.63, 3.8) is 0 Å². The minimum absolute atomic E-state index is 0.211. The molecule has 1 atom stereocenters. The van der Waals surface area contributed by atoms with Gasteiger partial charge in [-0.2, -0.15) is 0 Å². The number of fused-ring (bicyclic) bond motifs is 2. The summed E-state index contributed by atoms with van der Waals surface area (Å²) in [5, 5.41) is 8.66. The van der Waals surface area contributed by atoms with E-state index in [2.05, 4.69) is 10.2 Å². The molecule has 0 bridgehead atoms. The van der Waals surface area contributed by atoms with Crippen LogP contribution in [0.1, 0.15) is 75.0 Å². The summed E-state index contributed by atoms with van der Waals surface area (Å²) in [6, 6.07) is 10.7. The van der Waals surface area contributed by atoms with Gasteiger partial charge in [-0.05, 0) is 72.7 Å². The van der Waals surface area contributed by atoms with Crippen molar-refractivity contribution in [3.05, 3.63) is 81.6 Å². The van der Waals surface area contributed by atoms with Gasteiger partial charge in [-0.3, -0.25) is 9.59 Å². The van der Waals surface area contributed by atoms with Gasteiger partial charge in [-0.1, -0.05) is 19.1 Å². The normalized spacial score (nSPS) is 15.3. The van der Waals surface area contributed by atoms with Crippen LogP contribution in [0.2, 0.25) is 0 Å². The predicted octanol–water partition coefficient (Wildman–Crippen LogP) is 2.00. The average molecular weight is 434 g/mol. The second kappa shape index (κ2) is 8.20. The lowest BCUT2D eigenvalue weighted by atomic mass is 9.68. The minimum Gasteiger partial charge on any atom is -0.424 e. The minimum atomic E-state index is -0.845. The summed E-state index contributed by atoms with van der Waals surface area (Å²) in [5.41, 5.74) is 21.3. The van der Waals surface area contributed by atoms with Crippen LogP contribution in [0.4, 0.5) is 0 Å². The van der Waals surface area contributed by atoms with Crippen molar-refractivity contribution in [2.24, 2.45) is 17.2 Å². The molecule has 166 valence electrons. The summed E-state index contributed by atoms with van der Waals surface area (Å²) in [4.78, 5) is 23.7. The number of hydrogen-bond donors (Lipinski definition) is 3. The molecule has 0 radical (unpaired) electrons. The maximum absolute atomic E-state index is 11.9. The Kier molecular flexibility index (Phi) is 5.56. The largest absolute Gasteiger partial charge is 0.424 e. The molecule has 1 aliphatic carbocycles. The van der Waals surface area contributed by atoms with Crippen molar-refractivity contribution in [3.8, 4) is 0 Å². The van der Waals surface area contributed by atoms with E-state index in [1.54, 1.807) is 12.1 Å². The Labute approximate surface area is 186 Å². The molecule has 4 rings (SSSR count). The summed E-state index contributed by atoms with van der Waals surface area (Å²) in [6.45, 7) is 3.88. The van der Waals surface area contributed by atoms with Crippen LogP contribution in [-0.2, 0) is 24.7 Å². The topological polar surface area (TPSA) is 151 Å². The molecule has 1 aliphatic rings. The van der Waals surface area contributed by atoms with Gasteiger partial charge in [0.05, 0.1) is 0 Å². The first kappa shape index (κ1) is 21.7. The fourth-order valence-electron chi connectivity index (χ4n) is 4.74. The van der Waals surface area contributed by atoms with Crippen molar-refractivity contribution >= 4 is 11.8 Å². The Hall–Kier alpha value is -3.52. The van der Waals surface area contributed by atoms with Gasteiger partial charge in [-0.25, -0.2) is 0 Å². The van der Waals surface area contributed by atoms with E-state index in [0.717, 1.165) is 22.3 Å². The van der Waals surface area contributed by atoms with Crippen LogP contribution in [0, 0.1) is 0 Å². The number of primary amides is 2. The molecular weight excluding hydrogens is 406 g/mol. The molecule has 1 heterocycles. The third kappa shape index (κ3) is 3.56. The lowest BCUT2D eigenvalue weighted by Gasteiger charge is -2.35. The van der Waals surface area contributed by atoms with Gasteiger partial charge in [-0.15, -0.1) is 10.2 Å². The van der Waals surface area contributed by atoms with Crippen LogP contribution in [0.15, 0.2) is 40.8 Å². The number of nitrogens with two attached hydrogens (primary N) is 3. The van der Waals surface area contributed by atoms with Crippen molar-refractivity contribution < 1.29 is 14.0 Å². The van der Waals surface area contributed by atoms with Gasteiger partial charge in [0.15, 0.2) is 0 Å². The number of aryl methyl sites for hydroxylation is 3. The van der Waals surface area contributed by atoms with Crippen LogP contribution >= 0.6 is 0 Å². The van der Waals surface area contributed by atoms with Crippen LogP contribution in [0.25, 0.3) is 0 Å². The number of carbonyl (C=O) groups is 2. The number of rotatable bonds is 6. The van der Waals surface area contributed by atoms with E-state index in [4.69, 9.17) is 21.6 Å². The van der Waals surface area contributed by atoms with E-state index in [9.17, 15) is 9.59 Å². The maximum Gasteiger partial charge on any atom is 0.248 e. The first-order valence-corrected chi connectivity index (χ1v) is 10.7. The average Bonchev–Trinajstić information content (AvgIpc) is 3.20. The highest BCUT2D eigenvalue weighted by atomic mass is 16.4. The number of nitrogens with zero attached hydrogens (tertiary/aromatic N) is 2. The Morgan fingerprint density at radius 2 is 1.53 bits per heavy atom. The van der Waals surface area contributed by atoms with Crippen molar-refractivity contribution in [2.75, 3.05) is 0 Å². The highest BCUT2D eigenvalue weighted by molar-refractivity contribution is 5.94. The predicted molar refractivity (Wildman–Crippen MR) is 119 cm³/mol. The van der Waals surface area contributed by atoms with Gasteiger partial charge < -0.3 is 21.6 Å². The quantitative estimate of drug-likeness (QED) is 0.541. The van der Waals surface area contributed by atoms with Gasteiger partial charge in [0.1, 0.15) is 5.41 Å². The van der Waals surface area contributed by atoms with E-state index < -0.39 is 17.2 Å². The molecule has 32 heavy (non-hydrogen) atoms. The van der Waals surface area contributed by atoms with Gasteiger partial charge in [0, 0.05) is 23.6 Å². The second-order valence-electron chi connectivity index (χ2n) is 8.41. The molecule has 1 aromatic heterocycles. The Bertz CT molecular complexity index is 1130. The molecule has 8 heteroatoms. The van der Waals surface area contributed by atoms with E-state index in [0.29, 0.717) is 48.6 Å². The molecular formula is C24H27N5O3. The van der Waals surface area contributed by atoms with E-state index >= 15 is 0 Å². The highest BCUT2D eigenvalue weighted by Crippen LogP contribution is 2.47. The number of carbonyl (C=O) groups excluding carboxylic acids is 2. The Morgan fingerprint density at radius 1 is 1.00 bits per heavy atom. The third-order valence-electron chi connectivity index (χ3n) is 6.13. The van der Waals surface area contributed by atoms with Crippen molar-refractivity contribution in [2.45, 2.75) is 51.0 Å². The molecule has 0 fully saturated rings. The fourth-order valence-corrected chi connectivity index (χ4v) is 4.74. The van der Waals surface area contributed by atoms with E-state index in [-0.39, 0.29) is 6.04 Å².